The number of unbranched alkanes of at least 4 members (excludes halogenated alkanes) is 1. The Labute approximate surface area is 84.5 Å². The van der Waals surface area contributed by atoms with Crippen LogP contribution in [0.15, 0.2) is 24.3 Å². The van der Waals surface area contributed by atoms with Gasteiger partial charge >= 0.3 is 0 Å². The molecule has 0 unspecified atom stereocenters. The van der Waals surface area contributed by atoms with Gasteiger partial charge in [-0.2, -0.15) is 0 Å². The number of nitrogens with one attached hydrogen (secondary N) is 1. The van der Waals surface area contributed by atoms with E-state index < -0.39 is 0 Å². The van der Waals surface area contributed by atoms with Crippen molar-refractivity contribution in [2.45, 2.75) is 12.8 Å². The number of aromatic nitrogens is 1. The fourth-order valence-electron chi connectivity index (χ4n) is 1.10. The maximum atomic E-state index is 8.59. The molecule has 14 heavy (non-hydrogen) atoms. The van der Waals surface area contributed by atoms with E-state index in [1.54, 1.807) is 0 Å². The zero-order valence-corrected chi connectivity index (χ0v) is 8.40. The molecule has 0 spiro atoms. The van der Waals surface area contributed by atoms with Gasteiger partial charge in [-0.05, 0) is 31.1 Å². The third-order valence-electron chi connectivity index (χ3n) is 1.84. The molecule has 0 aliphatic rings. The summed E-state index contributed by atoms with van der Waals surface area (Å²) >= 11 is 0. The number of aliphatic hydroxyl groups is 1. The lowest BCUT2D eigenvalue weighted by molar-refractivity contribution is 0.290. The molecule has 3 heteroatoms. The monoisotopic (exact) mass is 192 g/mol. The molecule has 0 aromatic carbocycles. The van der Waals surface area contributed by atoms with E-state index in [4.69, 9.17) is 5.11 Å². The quantitative estimate of drug-likeness (QED) is 0.700. The van der Waals surface area contributed by atoms with Gasteiger partial charge in [-0.1, -0.05) is 12.1 Å². The molecule has 0 amide bonds. The third kappa shape index (κ3) is 3.58. The summed E-state index contributed by atoms with van der Waals surface area (Å²) in [6.07, 6.45) is 5.69. The van der Waals surface area contributed by atoms with E-state index in [1.165, 1.54) is 0 Å². The molecule has 3 nitrogen and oxygen atoms in total. The van der Waals surface area contributed by atoms with Crippen molar-refractivity contribution >= 4 is 11.9 Å². The number of pyridine rings is 1. The minimum absolute atomic E-state index is 0.244. The van der Waals surface area contributed by atoms with Crippen molar-refractivity contribution in [3.63, 3.8) is 0 Å². The highest BCUT2D eigenvalue weighted by Gasteiger charge is 1.90. The van der Waals surface area contributed by atoms with Gasteiger partial charge in [-0.3, -0.25) is 0 Å². The molecule has 1 heterocycles. The highest BCUT2D eigenvalue weighted by molar-refractivity contribution is 5.48. The molecule has 2 N–H and O–H groups in total. The molecule has 1 aromatic rings. The molecule has 0 saturated carbocycles. The van der Waals surface area contributed by atoms with Crippen LogP contribution < -0.4 is 5.32 Å². The molecule has 76 valence electrons. The van der Waals surface area contributed by atoms with Crippen LogP contribution in [0.3, 0.4) is 0 Å². The van der Waals surface area contributed by atoms with E-state index >= 15 is 0 Å². The van der Waals surface area contributed by atoms with E-state index in [1.807, 2.05) is 37.4 Å². The Morgan fingerprint density at radius 3 is 3.07 bits per heavy atom. The van der Waals surface area contributed by atoms with E-state index in [0.29, 0.717) is 0 Å². The second-order valence-corrected chi connectivity index (χ2v) is 2.97. The van der Waals surface area contributed by atoms with Gasteiger partial charge in [0, 0.05) is 13.7 Å². The van der Waals surface area contributed by atoms with Crippen molar-refractivity contribution in [2.24, 2.45) is 0 Å². The largest absolute Gasteiger partial charge is 0.396 e. The first-order valence-corrected chi connectivity index (χ1v) is 4.79. The Bertz CT molecular complexity index is 297. The van der Waals surface area contributed by atoms with Crippen molar-refractivity contribution in [1.29, 1.82) is 0 Å². The average Bonchev–Trinajstić information content (AvgIpc) is 2.25. The van der Waals surface area contributed by atoms with E-state index in [2.05, 4.69) is 10.3 Å². The third-order valence-corrected chi connectivity index (χ3v) is 1.84. The van der Waals surface area contributed by atoms with Crippen LogP contribution in [0.4, 0.5) is 5.82 Å². The van der Waals surface area contributed by atoms with Crippen LogP contribution in [0, 0.1) is 0 Å². The summed E-state index contributed by atoms with van der Waals surface area (Å²) in [5, 5.41) is 11.6. The van der Waals surface area contributed by atoms with Gasteiger partial charge in [-0.25, -0.2) is 4.98 Å². The van der Waals surface area contributed by atoms with Gasteiger partial charge in [0.1, 0.15) is 5.82 Å². The highest BCUT2D eigenvalue weighted by atomic mass is 16.2. The Morgan fingerprint density at radius 2 is 2.36 bits per heavy atom. The van der Waals surface area contributed by atoms with Crippen molar-refractivity contribution in [3.05, 3.63) is 30.0 Å². The molecule has 0 aliphatic carbocycles. The number of rotatable bonds is 5. The molecular weight excluding hydrogens is 176 g/mol. The number of anilines is 1. The normalized spacial score (nSPS) is 10.7. The van der Waals surface area contributed by atoms with Crippen LogP contribution in [-0.4, -0.2) is 23.7 Å². The summed E-state index contributed by atoms with van der Waals surface area (Å²) in [6, 6.07) is 5.84. The number of hydrogen-bond acceptors (Lipinski definition) is 3. The average molecular weight is 192 g/mol. The molecule has 0 saturated heterocycles. The van der Waals surface area contributed by atoms with E-state index in [-0.39, 0.29) is 6.61 Å². The fourth-order valence-corrected chi connectivity index (χ4v) is 1.10. The Balaban J connectivity index is 2.53. The highest BCUT2D eigenvalue weighted by Crippen LogP contribution is 2.05. The molecule has 0 aliphatic heterocycles. The molecular formula is C11H16N2O. The number of nitrogens with zero attached hydrogens (tertiary/aromatic N) is 1. The first kappa shape index (κ1) is 10.7. The SMILES string of the molecule is CNc1cccc(/C=C\CCCO)n1. The smallest absolute Gasteiger partial charge is 0.126 e. The second kappa shape index (κ2) is 6.16. The minimum Gasteiger partial charge on any atom is -0.396 e. The molecule has 1 rings (SSSR count). The molecule has 0 radical (unpaired) electrons. The lowest BCUT2D eigenvalue weighted by Crippen LogP contribution is -1.92. The van der Waals surface area contributed by atoms with Crippen LogP contribution in [0.2, 0.25) is 0 Å². The summed E-state index contributed by atoms with van der Waals surface area (Å²) in [6.45, 7) is 0.244. The van der Waals surface area contributed by atoms with E-state index in [0.717, 1.165) is 24.4 Å². The summed E-state index contributed by atoms with van der Waals surface area (Å²) in [5.74, 6) is 0.870. The van der Waals surface area contributed by atoms with Gasteiger partial charge in [-0.15, -0.1) is 0 Å². The first-order chi connectivity index (χ1) is 6.86. The Kier molecular flexibility index (Phi) is 4.72. The summed E-state index contributed by atoms with van der Waals surface area (Å²) in [7, 11) is 1.85. The maximum absolute atomic E-state index is 8.59. The zero-order valence-electron chi connectivity index (χ0n) is 8.40. The van der Waals surface area contributed by atoms with Crippen LogP contribution in [0.5, 0.6) is 0 Å². The molecule has 1 aromatic heterocycles. The van der Waals surface area contributed by atoms with Crippen molar-refractivity contribution in [2.75, 3.05) is 19.0 Å². The summed E-state index contributed by atoms with van der Waals surface area (Å²) in [4.78, 5) is 4.33. The zero-order chi connectivity index (χ0) is 10.2. The first-order valence-electron chi connectivity index (χ1n) is 4.79. The predicted molar refractivity (Wildman–Crippen MR) is 59.1 cm³/mol. The van der Waals surface area contributed by atoms with Crippen LogP contribution in [0.25, 0.3) is 6.08 Å². The van der Waals surface area contributed by atoms with Gasteiger partial charge in [0.15, 0.2) is 0 Å². The molecule has 0 fully saturated rings. The molecule has 0 atom stereocenters. The minimum atomic E-state index is 0.244. The van der Waals surface area contributed by atoms with Crippen LogP contribution >= 0.6 is 0 Å². The number of hydrogen-bond donors (Lipinski definition) is 2. The standard InChI is InChI=1S/C11H16N2O/c1-12-11-8-5-7-10(13-11)6-3-2-4-9-14/h3,5-8,14H,2,4,9H2,1H3,(H,12,13)/b6-3-. The van der Waals surface area contributed by atoms with E-state index in [9.17, 15) is 0 Å². The van der Waals surface area contributed by atoms with Gasteiger partial charge in [0.25, 0.3) is 0 Å². The number of allylic oxidation sites excluding steroid dienone is 1. The molecule has 0 bridgehead atoms. The Hall–Kier alpha value is -1.35. The van der Waals surface area contributed by atoms with Gasteiger partial charge in [0.05, 0.1) is 5.69 Å². The van der Waals surface area contributed by atoms with Gasteiger partial charge < -0.3 is 10.4 Å². The topological polar surface area (TPSA) is 45.1 Å². The van der Waals surface area contributed by atoms with Crippen molar-refractivity contribution in [3.8, 4) is 0 Å². The van der Waals surface area contributed by atoms with Crippen molar-refractivity contribution in [1.82, 2.24) is 4.98 Å². The maximum Gasteiger partial charge on any atom is 0.126 e. The summed E-state index contributed by atoms with van der Waals surface area (Å²) < 4.78 is 0. The second-order valence-electron chi connectivity index (χ2n) is 2.97. The number of aliphatic hydroxyl groups excluding tert-OH is 1. The van der Waals surface area contributed by atoms with Crippen molar-refractivity contribution < 1.29 is 5.11 Å². The van der Waals surface area contributed by atoms with Crippen LogP contribution in [-0.2, 0) is 0 Å². The lowest BCUT2D eigenvalue weighted by Gasteiger charge is -1.99. The predicted octanol–water partition coefficient (Wildman–Crippen LogP) is 1.91. The fraction of sp³-hybridized carbons (Fsp3) is 0.364. The summed E-state index contributed by atoms with van der Waals surface area (Å²) in [5.41, 5.74) is 0.940. The lowest BCUT2D eigenvalue weighted by atomic mass is 10.2. The van der Waals surface area contributed by atoms with Crippen LogP contribution in [0.1, 0.15) is 18.5 Å². The van der Waals surface area contributed by atoms with Gasteiger partial charge in [0.2, 0.25) is 0 Å². The Morgan fingerprint density at radius 1 is 1.50 bits per heavy atom.